The zero-order chi connectivity index (χ0) is 15.4. The largest absolute Gasteiger partial charge is 0.490 e. The topological polar surface area (TPSA) is 42.4 Å². The van der Waals surface area contributed by atoms with Crippen molar-refractivity contribution in [3.8, 4) is 5.75 Å². The van der Waals surface area contributed by atoms with Gasteiger partial charge in [-0.3, -0.25) is 9.78 Å². The first-order valence-corrected chi connectivity index (χ1v) is 8.13. The highest BCUT2D eigenvalue weighted by Gasteiger charge is 2.24. The Labute approximate surface area is 138 Å². The Balaban J connectivity index is 1.55. The standard InChI is InChI=1S/C17H17BrN2O2/c18-14-3-1-13(2-4-14)17(21)20-11-7-16(8-12-20)22-15-5-9-19-10-6-15/h1-6,9-10,16H,7-8,11-12H2. The third kappa shape index (κ3) is 3.65. The number of hydrogen-bond donors (Lipinski definition) is 0. The van der Waals surface area contributed by atoms with Gasteiger partial charge in [0, 0.05) is 48.4 Å². The van der Waals surface area contributed by atoms with Crippen molar-refractivity contribution < 1.29 is 9.53 Å². The van der Waals surface area contributed by atoms with Gasteiger partial charge in [0.25, 0.3) is 5.91 Å². The van der Waals surface area contributed by atoms with Crippen molar-refractivity contribution in [1.82, 2.24) is 9.88 Å². The fraction of sp³-hybridized carbons (Fsp3) is 0.294. The summed E-state index contributed by atoms with van der Waals surface area (Å²) in [6.45, 7) is 1.45. The van der Waals surface area contributed by atoms with E-state index in [0.29, 0.717) is 0 Å². The third-order valence-electron chi connectivity index (χ3n) is 3.77. The van der Waals surface area contributed by atoms with Crippen molar-refractivity contribution in [3.05, 3.63) is 58.8 Å². The third-order valence-corrected chi connectivity index (χ3v) is 4.30. The quantitative estimate of drug-likeness (QED) is 0.840. The molecule has 1 aromatic heterocycles. The van der Waals surface area contributed by atoms with E-state index in [9.17, 15) is 4.79 Å². The summed E-state index contributed by atoms with van der Waals surface area (Å²) in [7, 11) is 0. The van der Waals surface area contributed by atoms with Crippen molar-refractivity contribution in [2.45, 2.75) is 18.9 Å². The van der Waals surface area contributed by atoms with Crippen LogP contribution in [0.15, 0.2) is 53.3 Å². The first kappa shape index (κ1) is 15.0. The molecule has 0 unspecified atom stereocenters. The monoisotopic (exact) mass is 360 g/mol. The van der Waals surface area contributed by atoms with Crippen LogP contribution in [0.25, 0.3) is 0 Å². The van der Waals surface area contributed by atoms with Crippen LogP contribution < -0.4 is 4.74 Å². The molecule has 0 spiro atoms. The highest BCUT2D eigenvalue weighted by atomic mass is 79.9. The predicted octanol–water partition coefficient (Wildman–Crippen LogP) is 3.53. The molecule has 2 aromatic rings. The van der Waals surface area contributed by atoms with Gasteiger partial charge in [0.15, 0.2) is 0 Å². The Morgan fingerprint density at radius 1 is 1.09 bits per heavy atom. The number of ether oxygens (including phenoxy) is 1. The van der Waals surface area contributed by atoms with Crippen molar-refractivity contribution in [3.63, 3.8) is 0 Å². The van der Waals surface area contributed by atoms with Crippen LogP contribution in [0, 0.1) is 0 Å². The van der Waals surface area contributed by atoms with Gasteiger partial charge >= 0.3 is 0 Å². The van der Waals surface area contributed by atoms with E-state index in [1.165, 1.54) is 0 Å². The van der Waals surface area contributed by atoms with Gasteiger partial charge in [0.1, 0.15) is 11.9 Å². The average molecular weight is 361 g/mol. The maximum absolute atomic E-state index is 12.4. The number of nitrogens with zero attached hydrogens (tertiary/aromatic N) is 2. The van der Waals surface area contributed by atoms with Crippen molar-refractivity contribution in [1.29, 1.82) is 0 Å². The van der Waals surface area contributed by atoms with Crippen LogP contribution >= 0.6 is 15.9 Å². The Morgan fingerprint density at radius 2 is 1.73 bits per heavy atom. The number of carbonyl (C=O) groups excluding carboxylic acids is 1. The average Bonchev–Trinajstić information content (AvgIpc) is 2.57. The van der Waals surface area contributed by atoms with E-state index < -0.39 is 0 Å². The number of likely N-dealkylation sites (tertiary alicyclic amines) is 1. The van der Waals surface area contributed by atoms with Crippen LogP contribution in [0.3, 0.4) is 0 Å². The Bertz CT molecular complexity index is 623. The molecule has 0 N–H and O–H groups in total. The normalized spacial score (nSPS) is 15.6. The van der Waals surface area contributed by atoms with E-state index in [2.05, 4.69) is 20.9 Å². The minimum atomic E-state index is 0.0925. The molecule has 1 fully saturated rings. The van der Waals surface area contributed by atoms with E-state index in [4.69, 9.17) is 4.74 Å². The SMILES string of the molecule is O=C(c1ccc(Br)cc1)N1CCC(Oc2ccncc2)CC1. The summed E-state index contributed by atoms with van der Waals surface area (Å²) in [4.78, 5) is 18.3. The fourth-order valence-electron chi connectivity index (χ4n) is 2.56. The lowest BCUT2D eigenvalue weighted by molar-refractivity contribution is 0.0595. The molecule has 1 saturated heterocycles. The molecule has 2 heterocycles. The molecule has 1 aliphatic heterocycles. The van der Waals surface area contributed by atoms with Crippen LogP contribution in [-0.4, -0.2) is 35.0 Å². The summed E-state index contributed by atoms with van der Waals surface area (Å²) >= 11 is 3.38. The Kier molecular flexibility index (Phi) is 4.73. The number of carbonyl (C=O) groups is 1. The number of rotatable bonds is 3. The second kappa shape index (κ2) is 6.92. The molecule has 1 amide bonds. The van der Waals surface area contributed by atoms with Crippen molar-refractivity contribution in [2.24, 2.45) is 0 Å². The van der Waals surface area contributed by atoms with E-state index in [0.717, 1.165) is 41.7 Å². The fourth-order valence-corrected chi connectivity index (χ4v) is 2.83. The Morgan fingerprint density at radius 3 is 2.36 bits per heavy atom. The van der Waals surface area contributed by atoms with Gasteiger partial charge in [-0.25, -0.2) is 0 Å². The van der Waals surface area contributed by atoms with E-state index >= 15 is 0 Å². The lowest BCUT2D eigenvalue weighted by atomic mass is 10.1. The number of benzene rings is 1. The number of hydrogen-bond acceptors (Lipinski definition) is 3. The van der Waals surface area contributed by atoms with Crippen LogP contribution in [0.4, 0.5) is 0 Å². The number of amides is 1. The lowest BCUT2D eigenvalue weighted by Gasteiger charge is -2.32. The van der Waals surface area contributed by atoms with Gasteiger partial charge in [0.05, 0.1) is 0 Å². The van der Waals surface area contributed by atoms with Gasteiger partial charge in [0.2, 0.25) is 0 Å². The maximum Gasteiger partial charge on any atom is 0.253 e. The van der Waals surface area contributed by atoms with Crippen molar-refractivity contribution in [2.75, 3.05) is 13.1 Å². The molecular weight excluding hydrogens is 344 g/mol. The van der Waals surface area contributed by atoms with E-state index in [1.54, 1.807) is 12.4 Å². The molecule has 4 nitrogen and oxygen atoms in total. The summed E-state index contributed by atoms with van der Waals surface area (Å²) < 4.78 is 6.90. The highest BCUT2D eigenvalue weighted by molar-refractivity contribution is 9.10. The van der Waals surface area contributed by atoms with Gasteiger partial charge in [-0.1, -0.05) is 15.9 Å². The second-order valence-electron chi connectivity index (χ2n) is 5.30. The van der Waals surface area contributed by atoms with Crippen LogP contribution in [0.1, 0.15) is 23.2 Å². The number of aromatic nitrogens is 1. The molecule has 0 radical (unpaired) electrons. The molecular formula is C17H17BrN2O2. The maximum atomic E-state index is 12.4. The molecule has 114 valence electrons. The van der Waals surface area contributed by atoms with Crippen LogP contribution in [0.2, 0.25) is 0 Å². The smallest absolute Gasteiger partial charge is 0.253 e. The van der Waals surface area contributed by atoms with E-state index in [1.807, 2.05) is 41.3 Å². The molecule has 22 heavy (non-hydrogen) atoms. The zero-order valence-electron chi connectivity index (χ0n) is 12.1. The molecule has 0 atom stereocenters. The minimum Gasteiger partial charge on any atom is -0.490 e. The molecule has 1 aliphatic rings. The molecule has 0 aliphatic carbocycles. The van der Waals surface area contributed by atoms with Gasteiger partial charge in [-0.2, -0.15) is 0 Å². The van der Waals surface area contributed by atoms with Crippen LogP contribution in [-0.2, 0) is 0 Å². The first-order valence-electron chi connectivity index (χ1n) is 7.34. The molecule has 0 bridgehead atoms. The van der Waals surface area contributed by atoms with Gasteiger partial charge in [-0.05, 0) is 36.4 Å². The number of pyridine rings is 1. The number of halogens is 1. The molecule has 0 saturated carbocycles. The second-order valence-corrected chi connectivity index (χ2v) is 6.21. The summed E-state index contributed by atoms with van der Waals surface area (Å²) in [6, 6.07) is 11.2. The molecule has 3 rings (SSSR count). The zero-order valence-corrected chi connectivity index (χ0v) is 13.7. The number of piperidine rings is 1. The Hall–Kier alpha value is -1.88. The summed E-state index contributed by atoms with van der Waals surface area (Å²) in [6.07, 6.45) is 5.31. The summed E-state index contributed by atoms with van der Waals surface area (Å²) in [5.41, 5.74) is 0.733. The van der Waals surface area contributed by atoms with Crippen molar-refractivity contribution >= 4 is 21.8 Å². The highest BCUT2D eigenvalue weighted by Crippen LogP contribution is 2.20. The molecule has 5 heteroatoms. The summed E-state index contributed by atoms with van der Waals surface area (Å²) in [5, 5.41) is 0. The first-order chi connectivity index (χ1) is 10.7. The summed E-state index contributed by atoms with van der Waals surface area (Å²) in [5.74, 6) is 0.933. The van der Waals surface area contributed by atoms with Crippen LogP contribution in [0.5, 0.6) is 5.75 Å². The molecule has 1 aromatic carbocycles. The predicted molar refractivity (Wildman–Crippen MR) is 87.9 cm³/mol. The van der Waals surface area contributed by atoms with E-state index in [-0.39, 0.29) is 12.0 Å². The van der Waals surface area contributed by atoms with Gasteiger partial charge < -0.3 is 9.64 Å². The van der Waals surface area contributed by atoms with Gasteiger partial charge in [-0.15, -0.1) is 0 Å². The lowest BCUT2D eigenvalue weighted by Crippen LogP contribution is -2.41. The minimum absolute atomic E-state index is 0.0925.